The largest absolute Gasteiger partial charge is 0.495 e. The molecule has 166 valence electrons. The highest BCUT2D eigenvalue weighted by Gasteiger charge is 2.24. The summed E-state index contributed by atoms with van der Waals surface area (Å²) >= 11 is 6.48. The number of methoxy groups -OCH3 is 2. The summed E-state index contributed by atoms with van der Waals surface area (Å²) in [6.45, 7) is 2.82. The fourth-order valence-electron chi connectivity index (χ4n) is 3.84. The van der Waals surface area contributed by atoms with E-state index in [2.05, 4.69) is 10.00 Å². The molecular weight excluding hydrogens is 432 g/mol. The molecule has 0 N–H and O–H groups in total. The van der Waals surface area contributed by atoms with Gasteiger partial charge in [0.05, 0.1) is 43.0 Å². The van der Waals surface area contributed by atoms with Crippen molar-refractivity contribution in [3.05, 3.63) is 75.7 Å². The van der Waals surface area contributed by atoms with E-state index < -0.39 is 11.5 Å². The molecule has 2 aromatic carbocycles. The summed E-state index contributed by atoms with van der Waals surface area (Å²) in [6.07, 6.45) is 1.57. The Morgan fingerprint density at radius 3 is 2.16 bits per heavy atom. The number of piperazine rings is 1. The molecule has 0 radical (unpaired) electrons. The molecule has 0 unspecified atom stereocenters. The van der Waals surface area contributed by atoms with Gasteiger partial charge in [-0.25, -0.2) is 4.79 Å². The summed E-state index contributed by atoms with van der Waals surface area (Å²) in [5, 5.41) is 4.36. The maximum Gasteiger partial charge on any atom is 0.340 e. The zero-order chi connectivity index (χ0) is 22.7. The van der Waals surface area contributed by atoms with Gasteiger partial charge in [0.2, 0.25) is 0 Å². The smallest absolute Gasteiger partial charge is 0.340 e. The first-order valence-electron chi connectivity index (χ1n) is 10.1. The van der Waals surface area contributed by atoms with Crippen molar-refractivity contribution in [2.75, 3.05) is 50.2 Å². The molecule has 0 spiro atoms. The Bertz CT molecular complexity index is 1190. The van der Waals surface area contributed by atoms with Crippen LogP contribution in [0.1, 0.15) is 10.4 Å². The highest BCUT2D eigenvalue weighted by Crippen LogP contribution is 2.30. The van der Waals surface area contributed by atoms with Crippen LogP contribution in [0.4, 0.5) is 11.4 Å². The molecule has 2 heterocycles. The van der Waals surface area contributed by atoms with Gasteiger partial charge in [-0.1, -0.05) is 35.9 Å². The molecule has 9 heteroatoms. The van der Waals surface area contributed by atoms with Crippen LogP contribution in [0.15, 0.2) is 59.5 Å². The van der Waals surface area contributed by atoms with Gasteiger partial charge in [0.25, 0.3) is 5.56 Å². The molecule has 4 rings (SSSR count). The number of carbonyl (C=O) groups excluding carboxylic acids is 1. The molecule has 1 aliphatic rings. The van der Waals surface area contributed by atoms with Gasteiger partial charge >= 0.3 is 5.97 Å². The summed E-state index contributed by atoms with van der Waals surface area (Å²) in [4.78, 5) is 29.4. The van der Waals surface area contributed by atoms with E-state index in [1.165, 1.54) is 7.11 Å². The second-order valence-electron chi connectivity index (χ2n) is 7.22. The van der Waals surface area contributed by atoms with Gasteiger partial charge < -0.3 is 19.3 Å². The van der Waals surface area contributed by atoms with Crippen molar-refractivity contribution in [3.63, 3.8) is 0 Å². The van der Waals surface area contributed by atoms with Crippen LogP contribution in [-0.4, -0.2) is 56.1 Å². The third-order valence-electron chi connectivity index (χ3n) is 5.48. The number of rotatable bonds is 5. The van der Waals surface area contributed by atoms with Crippen molar-refractivity contribution >= 4 is 28.9 Å². The van der Waals surface area contributed by atoms with E-state index >= 15 is 0 Å². The lowest BCUT2D eigenvalue weighted by atomic mass is 10.2. The fraction of sp³-hybridized carbons (Fsp3) is 0.261. The minimum absolute atomic E-state index is 0.0606. The topological polar surface area (TPSA) is 76.9 Å². The number of benzene rings is 2. The van der Waals surface area contributed by atoms with Gasteiger partial charge in [-0.05, 0) is 24.3 Å². The first kappa shape index (κ1) is 21.7. The third kappa shape index (κ3) is 4.01. The molecule has 1 fully saturated rings. The minimum atomic E-state index is -0.554. The lowest BCUT2D eigenvalue weighted by molar-refractivity contribution is 0.0600. The van der Waals surface area contributed by atoms with Gasteiger partial charge in [0.15, 0.2) is 0 Å². The van der Waals surface area contributed by atoms with Gasteiger partial charge in [-0.2, -0.15) is 9.78 Å². The third-order valence-corrected chi connectivity index (χ3v) is 5.84. The van der Waals surface area contributed by atoms with Crippen molar-refractivity contribution in [2.45, 2.75) is 0 Å². The number of anilines is 2. The zero-order valence-corrected chi connectivity index (χ0v) is 18.6. The van der Waals surface area contributed by atoms with E-state index in [-0.39, 0.29) is 10.6 Å². The number of nitrogens with zero attached hydrogens (tertiary/aromatic N) is 4. The van der Waals surface area contributed by atoms with E-state index in [4.69, 9.17) is 21.1 Å². The molecule has 1 saturated heterocycles. The lowest BCUT2D eigenvalue weighted by Gasteiger charge is -2.37. The molecule has 0 saturated carbocycles. The van der Waals surface area contributed by atoms with Gasteiger partial charge in [0, 0.05) is 26.2 Å². The van der Waals surface area contributed by atoms with E-state index in [0.29, 0.717) is 24.5 Å². The second-order valence-corrected chi connectivity index (χ2v) is 7.59. The summed E-state index contributed by atoms with van der Waals surface area (Å²) in [5.74, 6) is 0.273. The van der Waals surface area contributed by atoms with Crippen LogP contribution in [0.5, 0.6) is 5.75 Å². The summed E-state index contributed by atoms with van der Waals surface area (Å²) in [5.41, 5.74) is 1.67. The predicted molar refractivity (Wildman–Crippen MR) is 124 cm³/mol. The molecule has 0 aliphatic carbocycles. The number of aromatic nitrogens is 2. The van der Waals surface area contributed by atoms with E-state index in [1.54, 1.807) is 37.6 Å². The van der Waals surface area contributed by atoms with Crippen LogP contribution in [0.3, 0.4) is 0 Å². The second kappa shape index (κ2) is 9.32. The number of hydrogen-bond donors (Lipinski definition) is 0. The molecule has 0 amide bonds. The highest BCUT2D eigenvalue weighted by atomic mass is 35.5. The molecule has 3 aromatic rings. The maximum absolute atomic E-state index is 13.0. The average Bonchev–Trinajstić information content (AvgIpc) is 2.85. The van der Waals surface area contributed by atoms with Crippen LogP contribution in [0, 0.1) is 0 Å². The molecule has 1 aromatic heterocycles. The van der Waals surface area contributed by atoms with Crippen molar-refractivity contribution < 1.29 is 14.3 Å². The Hall–Kier alpha value is -3.52. The Morgan fingerprint density at radius 2 is 1.50 bits per heavy atom. The number of esters is 1. The van der Waals surface area contributed by atoms with Gasteiger partial charge in [-0.3, -0.25) is 4.79 Å². The number of para-hydroxylation sites is 3. The SMILES string of the molecule is COC(=O)c1ccccc1-n1ncc(N2CCN(c3ccccc3OC)CC2)c(Cl)c1=O. The van der Waals surface area contributed by atoms with Gasteiger partial charge in [-0.15, -0.1) is 0 Å². The number of ether oxygens (including phenoxy) is 2. The maximum atomic E-state index is 13.0. The minimum Gasteiger partial charge on any atom is -0.495 e. The van der Waals surface area contributed by atoms with E-state index in [9.17, 15) is 9.59 Å². The summed E-state index contributed by atoms with van der Waals surface area (Å²) < 4.78 is 11.4. The quantitative estimate of drug-likeness (QED) is 0.548. The summed E-state index contributed by atoms with van der Waals surface area (Å²) in [7, 11) is 2.95. The van der Waals surface area contributed by atoms with Crippen LogP contribution < -0.4 is 20.1 Å². The first-order valence-corrected chi connectivity index (χ1v) is 10.5. The number of carbonyl (C=O) groups is 1. The van der Waals surface area contributed by atoms with Crippen LogP contribution >= 0.6 is 11.6 Å². The zero-order valence-electron chi connectivity index (χ0n) is 17.8. The Morgan fingerprint density at radius 1 is 0.906 bits per heavy atom. The Labute approximate surface area is 190 Å². The summed E-state index contributed by atoms with van der Waals surface area (Å²) in [6, 6.07) is 14.5. The normalized spacial score (nSPS) is 13.7. The van der Waals surface area contributed by atoms with Crippen LogP contribution in [0.25, 0.3) is 5.69 Å². The Kier molecular flexibility index (Phi) is 6.32. The molecule has 1 aliphatic heterocycles. The van der Waals surface area contributed by atoms with Gasteiger partial charge in [0.1, 0.15) is 10.8 Å². The monoisotopic (exact) mass is 454 g/mol. The molecule has 8 nitrogen and oxygen atoms in total. The number of halogens is 1. The van der Waals surface area contributed by atoms with Crippen molar-refractivity contribution in [3.8, 4) is 11.4 Å². The molecule has 0 bridgehead atoms. The molecule has 0 atom stereocenters. The van der Waals surface area contributed by atoms with Crippen LogP contribution in [-0.2, 0) is 4.74 Å². The van der Waals surface area contributed by atoms with Crippen molar-refractivity contribution in [1.82, 2.24) is 9.78 Å². The first-order chi connectivity index (χ1) is 15.5. The fourth-order valence-corrected chi connectivity index (χ4v) is 4.08. The average molecular weight is 455 g/mol. The number of hydrogen-bond acceptors (Lipinski definition) is 7. The van der Waals surface area contributed by atoms with E-state index in [1.807, 2.05) is 29.2 Å². The Balaban J connectivity index is 1.58. The van der Waals surface area contributed by atoms with Crippen molar-refractivity contribution in [1.29, 1.82) is 0 Å². The highest BCUT2D eigenvalue weighted by molar-refractivity contribution is 6.33. The molecular formula is C23H23ClN4O4. The standard InChI is InChI=1S/C23H23ClN4O4/c1-31-20-10-6-5-9-18(20)26-11-13-27(14-12-26)19-15-25-28(22(29)21(19)24)17-8-4-3-7-16(17)23(30)32-2/h3-10,15H,11-14H2,1-2H3. The predicted octanol–water partition coefficient (Wildman–Crippen LogP) is 3.01. The van der Waals surface area contributed by atoms with Crippen molar-refractivity contribution in [2.24, 2.45) is 0 Å². The van der Waals surface area contributed by atoms with Crippen LogP contribution in [0.2, 0.25) is 5.02 Å². The molecule has 32 heavy (non-hydrogen) atoms. The lowest BCUT2D eigenvalue weighted by Crippen LogP contribution is -2.47. The van der Waals surface area contributed by atoms with E-state index in [0.717, 1.165) is 29.2 Å².